The second kappa shape index (κ2) is 7.98. The molecule has 0 radical (unpaired) electrons. The van der Waals surface area contributed by atoms with Crippen molar-refractivity contribution in [1.82, 2.24) is 15.1 Å². The number of hydrogen-bond acceptors (Lipinski definition) is 4. The maximum absolute atomic E-state index is 12.5. The molecule has 3 aromatic rings. The van der Waals surface area contributed by atoms with E-state index in [0.717, 1.165) is 16.8 Å². The molecule has 1 aliphatic rings. The number of nitrogens with one attached hydrogen (secondary N) is 1. The van der Waals surface area contributed by atoms with Crippen molar-refractivity contribution in [2.45, 2.75) is 25.8 Å². The Bertz CT molecular complexity index is 1120. The molecule has 1 aliphatic heterocycles. The highest BCUT2D eigenvalue weighted by atomic mass is 19.4. The lowest BCUT2D eigenvalue weighted by molar-refractivity contribution is -0.274. The van der Waals surface area contributed by atoms with Crippen LogP contribution < -0.4 is 14.8 Å². The molecule has 1 amide bonds. The van der Waals surface area contributed by atoms with Crippen LogP contribution in [0.1, 0.15) is 21.7 Å². The standard InChI is InChI=1S/C22H20F3N3O3/c1-13-8-19(28(2)27-13)21(29)26-12-18-11-16-9-15(6-7-20(16)30-18)14-4-3-5-17(10-14)31-22(23,24)25/h3-10,18H,11-12H2,1-2H3,(H,26,29)/t18-/m0/s1. The molecule has 31 heavy (non-hydrogen) atoms. The van der Waals surface area contributed by atoms with E-state index in [1.165, 1.54) is 22.9 Å². The van der Waals surface area contributed by atoms with Gasteiger partial charge in [0.05, 0.1) is 12.2 Å². The summed E-state index contributed by atoms with van der Waals surface area (Å²) in [7, 11) is 1.71. The van der Waals surface area contributed by atoms with Gasteiger partial charge in [-0.3, -0.25) is 9.48 Å². The predicted octanol–water partition coefficient (Wildman–Crippen LogP) is 4.03. The molecule has 1 atom stereocenters. The van der Waals surface area contributed by atoms with Crippen molar-refractivity contribution in [1.29, 1.82) is 0 Å². The Balaban J connectivity index is 1.42. The molecular formula is C22H20F3N3O3. The van der Waals surface area contributed by atoms with Crippen molar-refractivity contribution in [3.8, 4) is 22.6 Å². The summed E-state index contributed by atoms with van der Waals surface area (Å²) in [4.78, 5) is 12.4. The van der Waals surface area contributed by atoms with Gasteiger partial charge in [-0.15, -0.1) is 13.2 Å². The molecule has 9 heteroatoms. The first-order chi connectivity index (χ1) is 14.7. The third-order valence-corrected chi connectivity index (χ3v) is 4.93. The summed E-state index contributed by atoms with van der Waals surface area (Å²) in [6.07, 6.45) is -4.40. The first-order valence-electron chi connectivity index (χ1n) is 9.62. The lowest BCUT2D eigenvalue weighted by Gasteiger charge is -2.12. The Hall–Kier alpha value is -3.49. The Morgan fingerprint density at radius 2 is 2.00 bits per heavy atom. The second-order valence-electron chi connectivity index (χ2n) is 7.35. The highest BCUT2D eigenvalue weighted by molar-refractivity contribution is 5.92. The van der Waals surface area contributed by atoms with Crippen molar-refractivity contribution >= 4 is 5.91 Å². The first-order valence-corrected chi connectivity index (χ1v) is 9.62. The number of fused-ring (bicyclic) bond motifs is 1. The number of aryl methyl sites for hydroxylation is 2. The molecule has 0 saturated carbocycles. The normalized spacial score (nSPS) is 15.3. The molecule has 0 fully saturated rings. The minimum atomic E-state index is -4.74. The minimum absolute atomic E-state index is 0.232. The topological polar surface area (TPSA) is 65.4 Å². The van der Waals surface area contributed by atoms with Crippen LogP contribution in [0.4, 0.5) is 13.2 Å². The number of aromatic nitrogens is 2. The van der Waals surface area contributed by atoms with Gasteiger partial charge in [-0.1, -0.05) is 18.2 Å². The number of nitrogens with zero attached hydrogens (tertiary/aromatic N) is 2. The Morgan fingerprint density at radius 3 is 2.71 bits per heavy atom. The van der Waals surface area contributed by atoms with E-state index >= 15 is 0 Å². The largest absolute Gasteiger partial charge is 0.573 e. The molecule has 2 aromatic carbocycles. The zero-order valence-electron chi connectivity index (χ0n) is 16.9. The van der Waals surface area contributed by atoms with Gasteiger partial charge in [0.15, 0.2) is 0 Å². The third kappa shape index (κ3) is 4.82. The van der Waals surface area contributed by atoms with Crippen LogP contribution in [0.3, 0.4) is 0 Å². The van der Waals surface area contributed by atoms with E-state index in [0.29, 0.717) is 30.0 Å². The fourth-order valence-corrected chi connectivity index (χ4v) is 3.61. The van der Waals surface area contributed by atoms with Crippen molar-refractivity contribution < 1.29 is 27.4 Å². The van der Waals surface area contributed by atoms with E-state index in [2.05, 4.69) is 15.2 Å². The Morgan fingerprint density at radius 1 is 1.23 bits per heavy atom. The molecular weight excluding hydrogens is 411 g/mol. The summed E-state index contributed by atoms with van der Waals surface area (Å²) in [6, 6.07) is 13.0. The van der Waals surface area contributed by atoms with Gasteiger partial charge >= 0.3 is 6.36 Å². The molecule has 4 rings (SSSR count). The summed E-state index contributed by atoms with van der Waals surface area (Å²) in [5.41, 5.74) is 3.51. The Kier molecular flexibility index (Phi) is 5.34. The smallest absolute Gasteiger partial charge is 0.488 e. The van der Waals surface area contributed by atoms with Crippen LogP contribution in [0.25, 0.3) is 11.1 Å². The number of benzene rings is 2. The molecule has 1 aromatic heterocycles. The number of amides is 1. The number of rotatable bonds is 5. The van der Waals surface area contributed by atoms with Gasteiger partial charge in [0, 0.05) is 13.5 Å². The monoisotopic (exact) mass is 431 g/mol. The van der Waals surface area contributed by atoms with Gasteiger partial charge in [-0.2, -0.15) is 5.10 Å². The summed E-state index contributed by atoms with van der Waals surface area (Å²) in [6.45, 7) is 2.14. The highest BCUT2D eigenvalue weighted by Crippen LogP contribution is 2.34. The maximum atomic E-state index is 12.5. The quantitative estimate of drug-likeness (QED) is 0.663. The number of alkyl halides is 3. The van der Waals surface area contributed by atoms with Crippen LogP contribution in [0, 0.1) is 6.92 Å². The Labute approximate surface area is 176 Å². The van der Waals surface area contributed by atoms with Crippen LogP contribution in [0.2, 0.25) is 0 Å². The zero-order valence-corrected chi connectivity index (χ0v) is 16.9. The van der Waals surface area contributed by atoms with Gasteiger partial charge < -0.3 is 14.8 Å². The molecule has 0 bridgehead atoms. The van der Waals surface area contributed by atoms with Crippen LogP contribution in [0.5, 0.6) is 11.5 Å². The first kappa shape index (κ1) is 20.8. The van der Waals surface area contributed by atoms with Crippen molar-refractivity contribution in [3.05, 3.63) is 65.5 Å². The summed E-state index contributed by atoms with van der Waals surface area (Å²) in [5, 5.41) is 7.02. The van der Waals surface area contributed by atoms with E-state index in [-0.39, 0.29) is 17.8 Å². The molecule has 0 aliphatic carbocycles. The lowest BCUT2D eigenvalue weighted by atomic mass is 10.0. The SMILES string of the molecule is Cc1cc(C(=O)NC[C@@H]2Cc3cc(-c4cccc(OC(F)(F)F)c4)ccc3O2)n(C)n1. The molecule has 2 heterocycles. The van der Waals surface area contributed by atoms with E-state index in [1.54, 1.807) is 31.3 Å². The molecule has 162 valence electrons. The van der Waals surface area contributed by atoms with Crippen molar-refractivity contribution in [3.63, 3.8) is 0 Å². The number of hydrogen-bond donors (Lipinski definition) is 1. The fraction of sp³-hybridized carbons (Fsp3) is 0.273. The van der Waals surface area contributed by atoms with E-state index < -0.39 is 6.36 Å². The molecule has 0 saturated heterocycles. The maximum Gasteiger partial charge on any atom is 0.573 e. The van der Waals surface area contributed by atoms with Gasteiger partial charge in [0.1, 0.15) is 23.3 Å². The average Bonchev–Trinajstić information content (AvgIpc) is 3.26. The fourth-order valence-electron chi connectivity index (χ4n) is 3.61. The summed E-state index contributed by atoms with van der Waals surface area (Å²) < 4.78 is 48.9. The van der Waals surface area contributed by atoms with Gasteiger partial charge in [-0.05, 0) is 53.9 Å². The van der Waals surface area contributed by atoms with Crippen LogP contribution in [-0.2, 0) is 13.5 Å². The lowest BCUT2D eigenvalue weighted by Crippen LogP contribution is -2.35. The number of halogens is 3. The van der Waals surface area contributed by atoms with Gasteiger partial charge in [0.25, 0.3) is 5.91 Å². The van der Waals surface area contributed by atoms with Crippen molar-refractivity contribution in [2.75, 3.05) is 6.54 Å². The molecule has 6 nitrogen and oxygen atoms in total. The predicted molar refractivity (Wildman–Crippen MR) is 107 cm³/mol. The molecule has 0 unspecified atom stereocenters. The molecule has 0 spiro atoms. The highest BCUT2D eigenvalue weighted by Gasteiger charge is 2.31. The summed E-state index contributed by atoms with van der Waals surface area (Å²) in [5.74, 6) is 0.194. The van der Waals surface area contributed by atoms with Gasteiger partial charge in [0.2, 0.25) is 0 Å². The minimum Gasteiger partial charge on any atom is -0.488 e. The van der Waals surface area contributed by atoms with Crippen LogP contribution in [-0.4, -0.2) is 34.7 Å². The second-order valence-corrected chi connectivity index (χ2v) is 7.35. The number of carbonyl (C=O) groups excluding carboxylic acids is 1. The zero-order chi connectivity index (χ0) is 22.2. The van der Waals surface area contributed by atoms with Crippen molar-refractivity contribution in [2.24, 2.45) is 7.05 Å². The van der Waals surface area contributed by atoms with E-state index in [1.807, 2.05) is 13.0 Å². The number of carbonyl (C=O) groups is 1. The molecule has 1 N–H and O–H groups in total. The summed E-state index contributed by atoms with van der Waals surface area (Å²) >= 11 is 0. The van der Waals surface area contributed by atoms with Crippen LogP contribution >= 0.6 is 0 Å². The third-order valence-electron chi connectivity index (χ3n) is 4.93. The van der Waals surface area contributed by atoms with E-state index in [4.69, 9.17) is 4.74 Å². The van der Waals surface area contributed by atoms with E-state index in [9.17, 15) is 18.0 Å². The van der Waals surface area contributed by atoms with Gasteiger partial charge in [-0.25, -0.2) is 0 Å². The van der Waals surface area contributed by atoms with Crippen LogP contribution in [0.15, 0.2) is 48.5 Å². The number of ether oxygens (including phenoxy) is 2. The average molecular weight is 431 g/mol.